The van der Waals surface area contributed by atoms with Gasteiger partial charge in [0, 0.05) is 22.1 Å². The van der Waals surface area contributed by atoms with Crippen LogP contribution in [0.1, 0.15) is 24.0 Å². The summed E-state index contributed by atoms with van der Waals surface area (Å²) in [5, 5.41) is 7.93. The summed E-state index contributed by atoms with van der Waals surface area (Å²) < 4.78 is 43.0. The van der Waals surface area contributed by atoms with Crippen LogP contribution in [-0.4, -0.2) is 16.3 Å². The van der Waals surface area contributed by atoms with E-state index in [2.05, 4.69) is 26.3 Å². The smallest absolute Gasteiger partial charge is 0.370 e. The maximum absolute atomic E-state index is 13.6. The zero-order chi connectivity index (χ0) is 19.0. The molecule has 3 nitrogen and oxygen atoms in total. The molecule has 7 heteroatoms. The van der Waals surface area contributed by atoms with Crippen LogP contribution in [-0.2, 0) is 12.6 Å². The second-order valence-electron chi connectivity index (χ2n) is 6.47. The van der Waals surface area contributed by atoms with Gasteiger partial charge in [-0.1, -0.05) is 46.3 Å². The van der Waals surface area contributed by atoms with Gasteiger partial charge in [0.1, 0.15) is 5.82 Å². The van der Waals surface area contributed by atoms with Crippen LogP contribution >= 0.6 is 15.9 Å². The van der Waals surface area contributed by atoms with Gasteiger partial charge in [-0.05, 0) is 37.5 Å². The topological polar surface area (TPSA) is 29.9 Å². The Balaban J connectivity index is 1.98. The molecule has 1 aromatic heterocycles. The van der Waals surface area contributed by atoms with E-state index in [1.165, 1.54) is 16.8 Å². The van der Waals surface area contributed by atoms with E-state index < -0.39 is 11.7 Å². The summed E-state index contributed by atoms with van der Waals surface area (Å²) in [4.78, 5) is 0. The highest BCUT2D eigenvalue weighted by atomic mass is 79.9. The summed E-state index contributed by atoms with van der Waals surface area (Å²) in [5.74, 6) is 0.648. The van der Waals surface area contributed by atoms with Gasteiger partial charge in [0.15, 0.2) is 0 Å². The van der Waals surface area contributed by atoms with E-state index in [1.807, 2.05) is 24.3 Å². The lowest BCUT2D eigenvalue weighted by Crippen LogP contribution is -2.14. The van der Waals surface area contributed by atoms with E-state index in [1.54, 1.807) is 6.07 Å². The van der Waals surface area contributed by atoms with Gasteiger partial charge in [0.25, 0.3) is 0 Å². The van der Waals surface area contributed by atoms with Crippen molar-refractivity contribution >= 4 is 21.7 Å². The molecule has 0 aliphatic carbocycles. The highest BCUT2D eigenvalue weighted by Gasteiger charge is 2.35. The highest BCUT2D eigenvalue weighted by molar-refractivity contribution is 9.10. The van der Waals surface area contributed by atoms with Crippen LogP contribution in [0.4, 0.5) is 19.0 Å². The monoisotopic (exact) mass is 435 g/mol. The minimum atomic E-state index is -4.45. The van der Waals surface area contributed by atoms with Crippen LogP contribution < -0.4 is 5.32 Å². The molecule has 27 heavy (non-hydrogen) atoms. The predicted octanol–water partition coefficient (Wildman–Crippen LogP) is 6.07. The van der Waals surface area contributed by atoms with Gasteiger partial charge in [-0.15, -0.1) is 0 Å². The van der Waals surface area contributed by atoms with Crippen molar-refractivity contribution in [3.05, 3.63) is 64.1 Å². The van der Waals surface area contributed by atoms with E-state index in [9.17, 15) is 13.2 Å². The number of aromatic nitrogens is 2. The van der Waals surface area contributed by atoms with Crippen molar-refractivity contribution in [3.63, 3.8) is 0 Å². The maximum atomic E-state index is 13.6. The van der Waals surface area contributed by atoms with Crippen molar-refractivity contribution in [2.45, 2.75) is 25.4 Å². The van der Waals surface area contributed by atoms with Crippen LogP contribution in [0.25, 0.3) is 16.9 Å². The van der Waals surface area contributed by atoms with E-state index >= 15 is 0 Å². The average molecular weight is 436 g/mol. The summed E-state index contributed by atoms with van der Waals surface area (Å²) in [5.41, 5.74) is 1.88. The number of rotatable bonds is 2. The Morgan fingerprint density at radius 1 is 1.00 bits per heavy atom. The molecule has 0 spiro atoms. The fourth-order valence-electron chi connectivity index (χ4n) is 3.44. The summed E-state index contributed by atoms with van der Waals surface area (Å²) in [6.07, 6.45) is -1.75. The Hall–Kier alpha value is -2.28. The van der Waals surface area contributed by atoms with Gasteiger partial charge < -0.3 is 5.32 Å². The van der Waals surface area contributed by atoms with Gasteiger partial charge in [-0.25, -0.2) is 4.68 Å². The lowest BCUT2D eigenvalue weighted by atomic mass is 10.0. The molecule has 0 radical (unpaired) electrons. The number of hydrogen-bond acceptors (Lipinski definition) is 2. The Labute approximate surface area is 163 Å². The standard InChI is InChI=1S/C20H17BrF3N3/c21-16-10-3-1-7-13(16)18-14-8-5-6-12-25-19(14)27(26-18)17-11-4-2-9-15(17)20(22,23)24/h1-4,7,9-11,25H,5-6,8,12H2. The fourth-order valence-corrected chi connectivity index (χ4v) is 3.92. The van der Waals surface area contributed by atoms with Gasteiger partial charge >= 0.3 is 6.18 Å². The predicted molar refractivity (Wildman–Crippen MR) is 103 cm³/mol. The first kappa shape index (κ1) is 18.1. The summed E-state index contributed by atoms with van der Waals surface area (Å²) in [6, 6.07) is 13.2. The maximum Gasteiger partial charge on any atom is 0.418 e. The molecule has 4 rings (SSSR count). The molecule has 140 valence electrons. The molecular formula is C20H17BrF3N3. The molecule has 0 atom stereocenters. The van der Waals surface area contributed by atoms with Gasteiger partial charge in [-0.2, -0.15) is 18.3 Å². The molecule has 1 N–H and O–H groups in total. The molecule has 0 saturated heterocycles. The third-order valence-corrected chi connectivity index (χ3v) is 5.39. The molecule has 0 amide bonds. The Kier molecular flexibility index (Phi) is 4.72. The normalized spacial score (nSPS) is 14.4. The summed E-state index contributed by atoms with van der Waals surface area (Å²) in [7, 11) is 0. The van der Waals surface area contributed by atoms with Crippen molar-refractivity contribution in [1.82, 2.24) is 9.78 Å². The van der Waals surface area contributed by atoms with Crippen LogP contribution in [0.3, 0.4) is 0 Å². The van der Waals surface area contributed by atoms with Crippen molar-refractivity contribution in [3.8, 4) is 16.9 Å². The number of nitrogens with zero attached hydrogens (tertiary/aromatic N) is 2. The molecule has 0 unspecified atom stereocenters. The second-order valence-corrected chi connectivity index (χ2v) is 7.32. The van der Waals surface area contributed by atoms with Crippen LogP contribution in [0.15, 0.2) is 53.0 Å². The summed E-state index contributed by atoms with van der Waals surface area (Å²) in [6.45, 7) is 0.711. The average Bonchev–Trinajstić information content (AvgIpc) is 2.83. The molecule has 1 aliphatic rings. The number of para-hydroxylation sites is 1. The second kappa shape index (κ2) is 7.03. The van der Waals surface area contributed by atoms with Crippen molar-refractivity contribution in [2.24, 2.45) is 0 Å². The van der Waals surface area contributed by atoms with Crippen molar-refractivity contribution < 1.29 is 13.2 Å². The lowest BCUT2D eigenvalue weighted by Gasteiger charge is -2.15. The highest BCUT2D eigenvalue weighted by Crippen LogP contribution is 2.40. The Morgan fingerprint density at radius 2 is 1.74 bits per heavy atom. The first-order valence-electron chi connectivity index (χ1n) is 8.74. The number of nitrogens with one attached hydrogen (secondary N) is 1. The summed E-state index contributed by atoms with van der Waals surface area (Å²) >= 11 is 3.54. The van der Waals surface area contributed by atoms with Crippen LogP contribution in [0.2, 0.25) is 0 Å². The molecular weight excluding hydrogens is 419 g/mol. The van der Waals surface area contributed by atoms with E-state index in [4.69, 9.17) is 0 Å². The van der Waals surface area contributed by atoms with E-state index in [0.29, 0.717) is 18.1 Å². The molecule has 3 aromatic rings. The fraction of sp³-hybridized carbons (Fsp3) is 0.250. The lowest BCUT2D eigenvalue weighted by molar-refractivity contribution is -0.137. The number of fused-ring (bicyclic) bond motifs is 1. The number of hydrogen-bond donors (Lipinski definition) is 1. The molecule has 0 saturated carbocycles. The van der Waals surface area contributed by atoms with Gasteiger partial charge in [-0.3, -0.25) is 0 Å². The number of anilines is 1. The molecule has 2 aromatic carbocycles. The van der Waals surface area contributed by atoms with Crippen molar-refractivity contribution in [1.29, 1.82) is 0 Å². The van der Waals surface area contributed by atoms with Gasteiger partial charge in [0.2, 0.25) is 0 Å². The van der Waals surface area contributed by atoms with E-state index in [0.717, 1.165) is 40.9 Å². The van der Waals surface area contributed by atoms with E-state index in [-0.39, 0.29) is 5.69 Å². The molecule has 2 heterocycles. The number of alkyl halides is 3. The largest absolute Gasteiger partial charge is 0.418 e. The minimum absolute atomic E-state index is 0.0361. The Morgan fingerprint density at radius 3 is 2.52 bits per heavy atom. The zero-order valence-corrected chi connectivity index (χ0v) is 15.9. The third-order valence-electron chi connectivity index (χ3n) is 4.70. The minimum Gasteiger partial charge on any atom is -0.370 e. The van der Waals surface area contributed by atoms with Crippen molar-refractivity contribution in [2.75, 3.05) is 11.9 Å². The number of benzene rings is 2. The molecule has 1 aliphatic heterocycles. The quantitative estimate of drug-likeness (QED) is 0.529. The third kappa shape index (κ3) is 3.36. The van der Waals surface area contributed by atoms with Gasteiger partial charge in [0.05, 0.1) is 16.9 Å². The first-order valence-corrected chi connectivity index (χ1v) is 9.53. The molecule has 0 bridgehead atoms. The van der Waals surface area contributed by atoms with Crippen LogP contribution in [0.5, 0.6) is 0 Å². The molecule has 0 fully saturated rings. The number of halogens is 4. The van der Waals surface area contributed by atoms with Crippen LogP contribution in [0, 0.1) is 0 Å². The zero-order valence-electron chi connectivity index (χ0n) is 14.4. The SMILES string of the molecule is FC(F)(F)c1ccccc1-n1nc(-c2ccccc2Br)c2c1NCCCC2. The first-order chi connectivity index (χ1) is 13.0. The Bertz CT molecular complexity index is 979.